The van der Waals surface area contributed by atoms with Gasteiger partial charge >= 0.3 is 0 Å². The molecular formula is C21H31NO4. The number of fused-ring (bicyclic) bond motifs is 1. The summed E-state index contributed by atoms with van der Waals surface area (Å²) in [6.07, 6.45) is 3.14. The second-order valence-electron chi connectivity index (χ2n) is 7.70. The van der Waals surface area contributed by atoms with Crippen molar-refractivity contribution in [2.45, 2.75) is 39.5 Å². The zero-order chi connectivity index (χ0) is 18.6. The van der Waals surface area contributed by atoms with E-state index in [0.29, 0.717) is 32.8 Å². The summed E-state index contributed by atoms with van der Waals surface area (Å²) in [7, 11) is 0. The van der Waals surface area contributed by atoms with Crippen molar-refractivity contribution in [1.29, 1.82) is 0 Å². The van der Waals surface area contributed by atoms with Crippen LogP contribution in [0.3, 0.4) is 0 Å². The second-order valence-corrected chi connectivity index (χ2v) is 7.70. The molecule has 26 heavy (non-hydrogen) atoms. The molecule has 0 aliphatic carbocycles. The van der Waals surface area contributed by atoms with Crippen LogP contribution in [0.2, 0.25) is 0 Å². The molecule has 0 saturated carbocycles. The minimum atomic E-state index is -0.139. The van der Waals surface area contributed by atoms with Crippen LogP contribution < -0.4 is 4.74 Å². The predicted octanol–water partition coefficient (Wildman–Crippen LogP) is 2.57. The molecule has 0 bridgehead atoms. The maximum atomic E-state index is 12.6. The number of ether oxygens (including phenoxy) is 2. The summed E-state index contributed by atoms with van der Waals surface area (Å²) in [6.45, 7) is 7.62. The third-order valence-electron chi connectivity index (χ3n) is 5.94. The van der Waals surface area contributed by atoms with Crippen LogP contribution in [0.15, 0.2) is 18.2 Å². The van der Waals surface area contributed by atoms with Crippen molar-refractivity contribution in [3.63, 3.8) is 0 Å². The van der Waals surface area contributed by atoms with Crippen LogP contribution in [-0.4, -0.2) is 55.4 Å². The topological polar surface area (TPSA) is 59.0 Å². The van der Waals surface area contributed by atoms with Gasteiger partial charge in [0.25, 0.3) is 0 Å². The van der Waals surface area contributed by atoms with Crippen LogP contribution in [0.4, 0.5) is 0 Å². The normalized spacial score (nSPS) is 25.2. The number of amides is 1. The van der Waals surface area contributed by atoms with E-state index in [1.165, 1.54) is 5.56 Å². The number of benzene rings is 1. The van der Waals surface area contributed by atoms with Crippen LogP contribution in [0, 0.1) is 18.3 Å². The summed E-state index contributed by atoms with van der Waals surface area (Å²) in [4.78, 5) is 14.6. The van der Waals surface area contributed by atoms with Crippen molar-refractivity contribution in [3.8, 4) is 5.75 Å². The molecule has 2 atom stereocenters. The molecule has 2 heterocycles. The molecule has 1 N–H and O–H groups in total. The van der Waals surface area contributed by atoms with Crippen LogP contribution in [0.1, 0.15) is 37.3 Å². The Hall–Kier alpha value is -1.59. The molecule has 2 saturated heterocycles. The Balaban J connectivity index is 1.49. The van der Waals surface area contributed by atoms with Gasteiger partial charge in [-0.05, 0) is 50.3 Å². The Labute approximate surface area is 156 Å². The number of aliphatic hydroxyl groups is 1. The Morgan fingerprint density at radius 1 is 1.46 bits per heavy atom. The van der Waals surface area contributed by atoms with Gasteiger partial charge in [0, 0.05) is 37.5 Å². The number of hydrogen-bond donors (Lipinski definition) is 1. The highest BCUT2D eigenvalue weighted by atomic mass is 16.5. The van der Waals surface area contributed by atoms with Gasteiger partial charge in [-0.2, -0.15) is 0 Å². The standard InChI is InChI=1S/C21H31NO4/c1-3-26-19-8-7-17(11-16(19)2)5-4-6-20(24)22-12-18-13-25-10-9-21(18,14-22)15-23/h7-8,11,18,23H,3-6,9-10,12-15H2,1-2H3/t18-,21-/m1/s1. The van der Waals surface area contributed by atoms with Gasteiger partial charge in [0.2, 0.25) is 5.91 Å². The summed E-state index contributed by atoms with van der Waals surface area (Å²) in [5, 5.41) is 9.86. The van der Waals surface area contributed by atoms with Gasteiger partial charge < -0.3 is 19.5 Å². The Morgan fingerprint density at radius 2 is 2.31 bits per heavy atom. The molecule has 2 fully saturated rings. The Kier molecular flexibility index (Phi) is 6.20. The summed E-state index contributed by atoms with van der Waals surface area (Å²) >= 11 is 0. The molecule has 1 aromatic rings. The molecule has 2 aliphatic heterocycles. The quantitative estimate of drug-likeness (QED) is 0.811. The highest BCUT2D eigenvalue weighted by Gasteiger charge is 2.48. The SMILES string of the molecule is CCOc1ccc(CCCC(=O)N2C[C@@H]3COCC[C@]3(CO)C2)cc1C. The van der Waals surface area contributed by atoms with Crippen LogP contribution in [0.25, 0.3) is 0 Å². The Morgan fingerprint density at radius 3 is 3.00 bits per heavy atom. The number of aryl methyl sites for hydroxylation is 2. The zero-order valence-corrected chi connectivity index (χ0v) is 16.0. The monoisotopic (exact) mass is 361 g/mol. The lowest BCUT2D eigenvalue weighted by atomic mass is 9.75. The number of hydrogen-bond acceptors (Lipinski definition) is 4. The number of carbonyl (C=O) groups is 1. The van der Waals surface area contributed by atoms with E-state index in [1.54, 1.807) is 0 Å². The Bertz CT molecular complexity index is 632. The van der Waals surface area contributed by atoms with E-state index >= 15 is 0 Å². The smallest absolute Gasteiger partial charge is 0.222 e. The zero-order valence-electron chi connectivity index (χ0n) is 16.0. The molecule has 0 spiro atoms. The number of rotatable bonds is 7. The van der Waals surface area contributed by atoms with E-state index in [4.69, 9.17) is 9.47 Å². The number of likely N-dealkylation sites (tertiary alicyclic amines) is 1. The van der Waals surface area contributed by atoms with Gasteiger partial charge in [-0.3, -0.25) is 4.79 Å². The first-order chi connectivity index (χ1) is 12.6. The molecule has 1 amide bonds. The summed E-state index contributed by atoms with van der Waals surface area (Å²) in [6, 6.07) is 6.26. The molecule has 144 valence electrons. The summed E-state index contributed by atoms with van der Waals surface area (Å²) < 4.78 is 11.1. The highest BCUT2D eigenvalue weighted by molar-refractivity contribution is 5.76. The predicted molar refractivity (Wildman–Crippen MR) is 100 cm³/mol. The fourth-order valence-corrected chi connectivity index (χ4v) is 4.28. The molecular weight excluding hydrogens is 330 g/mol. The minimum absolute atomic E-state index is 0.139. The average molecular weight is 361 g/mol. The lowest BCUT2D eigenvalue weighted by Gasteiger charge is -2.36. The van der Waals surface area contributed by atoms with Gasteiger partial charge in [-0.25, -0.2) is 0 Å². The van der Waals surface area contributed by atoms with Crippen LogP contribution >= 0.6 is 0 Å². The largest absolute Gasteiger partial charge is 0.494 e. The first-order valence-corrected chi connectivity index (χ1v) is 9.76. The molecule has 1 aromatic carbocycles. The van der Waals surface area contributed by atoms with Crippen molar-refractivity contribution in [3.05, 3.63) is 29.3 Å². The van der Waals surface area contributed by atoms with E-state index in [0.717, 1.165) is 37.1 Å². The van der Waals surface area contributed by atoms with Gasteiger partial charge in [-0.15, -0.1) is 0 Å². The number of carbonyl (C=O) groups excluding carboxylic acids is 1. The minimum Gasteiger partial charge on any atom is -0.494 e. The van der Waals surface area contributed by atoms with Gasteiger partial charge in [-0.1, -0.05) is 12.1 Å². The van der Waals surface area contributed by atoms with E-state index in [-0.39, 0.29) is 23.8 Å². The second kappa shape index (κ2) is 8.40. The molecule has 5 heteroatoms. The van der Waals surface area contributed by atoms with Crippen molar-refractivity contribution in [2.75, 3.05) is 39.5 Å². The van der Waals surface area contributed by atoms with Gasteiger partial charge in [0.05, 0.1) is 19.8 Å². The van der Waals surface area contributed by atoms with Crippen molar-refractivity contribution < 1.29 is 19.4 Å². The van der Waals surface area contributed by atoms with E-state index in [1.807, 2.05) is 17.9 Å². The molecule has 0 unspecified atom stereocenters. The number of nitrogens with zero attached hydrogens (tertiary/aromatic N) is 1. The third-order valence-corrected chi connectivity index (χ3v) is 5.94. The lowest BCUT2D eigenvalue weighted by molar-refractivity contribution is -0.130. The van der Waals surface area contributed by atoms with Crippen molar-refractivity contribution in [2.24, 2.45) is 11.3 Å². The summed E-state index contributed by atoms with van der Waals surface area (Å²) in [5.41, 5.74) is 2.25. The fraction of sp³-hybridized carbons (Fsp3) is 0.667. The molecule has 5 nitrogen and oxygen atoms in total. The molecule has 3 rings (SSSR count). The summed E-state index contributed by atoms with van der Waals surface area (Å²) in [5.74, 6) is 1.41. The van der Waals surface area contributed by atoms with Crippen LogP contribution in [0.5, 0.6) is 5.75 Å². The molecule has 0 aromatic heterocycles. The van der Waals surface area contributed by atoms with Crippen LogP contribution in [-0.2, 0) is 16.0 Å². The molecule has 2 aliphatic rings. The van der Waals surface area contributed by atoms with Crippen molar-refractivity contribution in [1.82, 2.24) is 4.90 Å². The number of aliphatic hydroxyl groups excluding tert-OH is 1. The van der Waals surface area contributed by atoms with E-state index in [2.05, 4.69) is 19.1 Å². The average Bonchev–Trinajstić information content (AvgIpc) is 3.04. The lowest BCUT2D eigenvalue weighted by Crippen LogP contribution is -2.41. The molecule has 0 radical (unpaired) electrons. The highest BCUT2D eigenvalue weighted by Crippen LogP contribution is 2.41. The van der Waals surface area contributed by atoms with E-state index in [9.17, 15) is 9.90 Å². The maximum absolute atomic E-state index is 12.6. The van der Waals surface area contributed by atoms with E-state index < -0.39 is 0 Å². The van der Waals surface area contributed by atoms with Gasteiger partial charge in [0.1, 0.15) is 5.75 Å². The first kappa shape index (κ1) is 19.2. The third kappa shape index (κ3) is 4.04. The maximum Gasteiger partial charge on any atom is 0.222 e. The fourth-order valence-electron chi connectivity index (χ4n) is 4.28. The van der Waals surface area contributed by atoms with Crippen molar-refractivity contribution >= 4 is 5.91 Å². The first-order valence-electron chi connectivity index (χ1n) is 9.76. The van der Waals surface area contributed by atoms with Gasteiger partial charge in [0.15, 0.2) is 0 Å².